The molecule has 3 aliphatic carbocycles. The number of aliphatic imine (C=N–C) groups is 1. The van der Waals surface area contributed by atoms with E-state index in [-0.39, 0.29) is 47.3 Å². The van der Waals surface area contributed by atoms with E-state index in [0.29, 0.717) is 55.8 Å². The van der Waals surface area contributed by atoms with Crippen LogP contribution in [0.15, 0.2) is 175 Å². The number of hydrogen-bond donors (Lipinski definition) is 0. The Bertz CT molecular complexity index is 6690. The van der Waals surface area contributed by atoms with Crippen molar-refractivity contribution in [2.24, 2.45) is 4.99 Å². The van der Waals surface area contributed by atoms with Crippen LogP contribution in [-0.2, 0) is 4.79 Å². The van der Waals surface area contributed by atoms with Crippen LogP contribution in [0.5, 0.6) is 5.75 Å². The van der Waals surface area contributed by atoms with Gasteiger partial charge in [0, 0.05) is 33.0 Å². The summed E-state index contributed by atoms with van der Waals surface area (Å²) in [6.45, 7) is 16.1. The molecule has 4 amide bonds. The number of rotatable bonds is 8. The van der Waals surface area contributed by atoms with Gasteiger partial charge in [-0.25, -0.2) is 14.6 Å². The lowest BCUT2D eigenvalue weighted by molar-refractivity contribution is 0.0877. The van der Waals surface area contributed by atoms with Gasteiger partial charge in [-0.05, 0) is 307 Å². The van der Waals surface area contributed by atoms with Gasteiger partial charge in [-0.2, -0.15) is 4.99 Å². The van der Waals surface area contributed by atoms with Crippen LogP contribution in [0.25, 0.3) is 177 Å². The SMILES string of the molecule is CC(C)c1cc(N=C=O)cc(C(C)C)c1N1C(=O)c2ccc3c4ccc5c6c(ccc(c7ccc(c2c37)C1=O)c64)-c1cc2cc3c(cc2cc1-5)C=Cc1cc2cc4c(cc2cc1C=C3)-c1ccc2c3ccc5c6c(ccc(c7ccc-4c1c72)c63)C(=O)N(c1c(C(C)C)cc(OC#N)cc1C(C)C)C5=O. The zero-order chi connectivity index (χ0) is 70.6. The summed E-state index contributed by atoms with van der Waals surface area (Å²) < 4.78 is 5.34. The highest BCUT2D eigenvalue weighted by atomic mass is 16.5. The van der Waals surface area contributed by atoms with Crippen molar-refractivity contribution in [3.05, 3.63) is 237 Å². The zero-order valence-electron chi connectivity index (χ0n) is 58.0. The molecule has 16 aromatic carbocycles. The molecular weight excluding hydrogens is 1280 g/mol. The molecule has 0 radical (unpaired) electrons. The maximum absolute atomic E-state index is 15.1. The maximum Gasteiger partial charge on any atom is 0.292 e. The second-order valence-corrected chi connectivity index (χ2v) is 30.2. The van der Waals surface area contributed by atoms with Crippen LogP contribution in [0, 0.1) is 11.5 Å². The lowest BCUT2D eigenvalue weighted by Gasteiger charge is -2.33. The fourth-order valence-electron chi connectivity index (χ4n) is 18.9. The fraction of sp³-hybridized carbons (Fsp3) is 0.128. The molecule has 0 fully saturated rings. The molecule has 104 heavy (non-hydrogen) atoms. The average molecular weight is 1340 g/mol. The molecule has 0 N–H and O–H groups in total. The number of imide groups is 2. The summed E-state index contributed by atoms with van der Waals surface area (Å²) in [5, 5.41) is 30.3. The number of amides is 4. The fourth-order valence-corrected chi connectivity index (χ4v) is 18.9. The molecule has 21 rings (SSSR count). The van der Waals surface area contributed by atoms with Gasteiger partial charge in [-0.15, -0.1) is 5.26 Å². The highest BCUT2D eigenvalue weighted by Gasteiger charge is 2.42. The van der Waals surface area contributed by atoms with Crippen LogP contribution in [-0.4, -0.2) is 29.7 Å². The quantitative estimate of drug-likeness (QED) is 0.0369. The molecule has 5 aliphatic rings. The molecule has 0 aromatic heterocycles. The van der Waals surface area contributed by atoms with Gasteiger partial charge in [-0.3, -0.25) is 19.2 Å². The summed E-state index contributed by atoms with van der Waals surface area (Å²) in [6, 6.07) is 59.8. The van der Waals surface area contributed by atoms with Crippen molar-refractivity contribution in [1.29, 1.82) is 5.26 Å². The van der Waals surface area contributed by atoms with Crippen molar-refractivity contribution >= 4 is 179 Å². The Morgan fingerprint density at radius 2 is 0.567 bits per heavy atom. The van der Waals surface area contributed by atoms with Gasteiger partial charge in [0.1, 0.15) is 5.75 Å². The van der Waals surface area contributed by atoms with Gasteiger partial charge in [0.15, 0.2) is 0 Å². The van der Waals surface area contributed by atoms with E-state index in [4.69, 9.17) is 4.74 Å². The van der Waals surface area contributed by atoms with Crippen molar-refractivity contribution in [1.82, 2.24) is 0 Å². The summed E-state index contributed by atoms with van der Waals surface area (Å²) in [7, 11) is 0. The summed E-state index contributed by atoms with van der Waals surface area (Å²) in [5.74, 6) is -1.44. The number of ether oxygens (including phenoxy) is 1. The largest absolute Gasteiger partial charge is 0.388 e. The summed E-state index contributed by atoms with van der Waals surface area (Å²) >= 11 is 0. The Kier molecular flexibility index (Phi) is 12.0. The predicted octanol–water partition coefficient (Wildman–Crippen LogP) is 24.0. The van der Waals surface area contributed by atoms with E-state index in [1.54, 1.807) is 36.6 Å². The number of hydrogen-bond acceptors (Lipinski definition) is 8. The number of isocyanates is 1. The number of carbonyl (C=O) groups is 4. The van der Waals surface area contributed by atoms with Crippen molar-refractivity contribution < 1.29 is 28.7 Å². The number of benzene rings is 16. The van der Waals surface area contributed by atoms with E-state index in [0.717, 1.165) is 120 Å². The number of nitrogens with zero attached hydrogens (tertiary/aromatic N) is 4. The molecule has 492 valence electrons. The van der Waals surface area contributed by atoms with Crippen LogP contribution in [0.1, 0.15) is 165 Å². The minimum absolute atomic E-state index is 0.0844. The average Bonchev–Trinajstić information content (AvgIpc) is 1.59. The first kappa shape index (κ1) is 59.9. The molecule has 0 atom stereocenters. The first-order chi connectivity index (χ1) is 50.5. The van der Waals surface area contributed by atoms with Gasteiger partial charge in [0.05, 0.1) is 17.1 Å². The Labute approximate surface area is 596 Å². The minimum atomic E-state index is -0.371. The molecule has 10 nitrogen and oxygen atoms in total. The first-order valence-electron chi connectivity index (χ1n) is 35.7. The number of carbonyl (C=O) groups excluding carboxylic acids is 5. The van der Waals surface area contributed by atoms with E-state index in [2.05, 4.69) is 151 Å². The molecule has 10 heteroatoms. The van der Waals surface area contributed by atoms with Crippen LogP contribution < -0.4 is 14.5 Å². The third kappa shape index (κ3) is 7.72. The standard InChI is InChI=1S/C94H60N4O6/c1-43(2)73-37-55(96-42-99)38-74(44(3)4)89(73)97-91(100)69-25-21-61-57-13-17-65-77-33-51-29-47-9-11-49-31-53-35-79-67-19-15-59-63-23-27-71-88-72(94(103)98(93(71)102)90-75(45(5)6)39-56(104-41-95)40-76(90)46(7)8)28-24-64(84(63)88)60-16-20-68(86(67)82(59)60)80(79)36-54(53)32-50(49)12-10-48(47)30-52(51)34-78(77)66-18-14-58(81(57)85(65)66)62-22-26-70(92(97)101)87(69)83(61)62/h9-40,43-46H,1-8H3. The van der Waals surface area contributed by atoms with Crippen molar-refractivity contribution in [3.8, 4) is 56.5 Å². The van der Waals surface area contributed by atoms with Crippen LogP contribution >= 0.6 is 0 Å². The Morgan fingerprint density at radius 3 is 0.817 bits per heavy atom. The Balaban J connectivity index is 0.625. The summed E-state index contributed by atoms with van der Waals surface area (Å²) in [4.78, 5) is 78.6. The summed E-state index contributed by atoms with van der Waals surface area (Å²) in [5.41, 5.74) is 20.6. The van der Waals surface area contributed by atoms with Crippen molar-refractivity contribution in [2.75, 3.05) is 9.80 Å². The van der Waals surface area contributed by atoms with Gasteiger partial charge in [0.2, 0.25) is 6.08 Å². The van der Waals surface area contributed by atoms with E-state index in [9.17, 15) is 10.1 Å². The topological polar surface area (TPSA) is 137 Å². The van der Waals surface area contributed by atoms with Crippen LogP contribution in [0.4, 0.5) is 17.1 Å². The number of fused-ring (bicyclic) bond motifs is 14. The van der Waals surface area contributed by atoms with E-state index in [1.165, 1.54) is 75.9 Å². The maximum atomic E-state index is 15.1. The van der Waals surface area contributed by atoms with Crippen molar-refractivity contribution in [2.45, 2.75) is 79.1 Å². The molecule has 0 bridgehead atoms. The number of anilines is 2. The third-order valence-electron chi connectivity index (χ3n) is 23.5. The van der Waals surface area contributed by atoms with E-state index in [1.807, 2.05) is 79.7 Å². The molecule has 0 spiro atoms. The smallest absolute Gasteiger partial charge is 0.292 e. The molecule has 2 aliphatic heterocycles. The molecule has 0 unspecified atom stereocenters. The molecule has 2 heterocycles. The molecule has 0 saturated heterocycles. The highest BCUT2D eigenvalue weighted by molar-refractivity contribution is 6.46. The third-order valence-corrected chi connectivity index (χ3v) is 23.5. The minimum Gasteiger partial charge on any atom is -0.388 e. The van der Waals surface area contributed by atoms with Crippen molar-refractivity contribution in [3.63, 3.8) is 0 Å². The molecular formula is C94H60N4O6. The van der Waals surface area contributed by atoms with E-state index < -0.39 is 0 Å². The number of nitriles is 1. The van der Waals surface area contributed by atoms with Gasteiger partial charge >= 0.3 is 0 Å². The van der Waals surface area contributed by atoms with E-state index >= 15 is 19.2 Å². The highest BCUT2D eigenvalue weighted by Crippen LogP contribution is 2.58. The second kappa shape index (κ2) is 20.9. The Hall–Kier alpha value is -12.9. The molecule has 16 aromatic rings. The van der Waals surface area contributed by atoms with Gasteiger partial charge in [0.25, 0.3) is 29.9 Å². The zero-order valence-corrected chi connectivity index (χ0v) is 58.0. The lowest BCUT2D eigenvalue weighted by Crippen LogP contribution is -2.41. The molecule has 0 saturated carbocycles. The predicted molar refractivity (Wildman–Crippen MR) is 423 cm³/mol. The van der Waals surface area contributed by atoms with Gasteiger partial charge in [-0.1, -0.05) is 152 Å². The summed E-state index contributed by atoms with van der Waals surface area (Å²) in [6.07, 6.45) is 12.5. The van der Waals surface area contributed by atoms with Gasteiger partial charge < -0.3 is 4.74 Å². The first-order valence-corrected chi connectivity index (χ1v) is 35.7. The monoisotopic (exact) mass is 1340 g/mol. The normalized spacial score (nSPS) is 14.1. The lowest BCUT2D eigenvalue weighted by atomic mass is 9.83. The second-order valence-electron chi connectivity index (χ2n) is 30.2. The van der Waals surface area contributed by atoms with Crippen LogP contribution in [0.3, 0.4) is 0 Å². The Morgan fingerprint density at radius 1 is 0.317 bits per heavy atom. The van der Waals surface area contributed by atoms with Crippen LogP contribution in [0.2, 0.25) is 0 Å².